The maximum atomic E-state index is 8.21. The first-order valence-corrected chi connectivity index (χ1v) is 2.86. The minimum atomic E-state index is 0. The topological polar surface area (TPSA) is 20.2 Å². The van der Waals surface area contributed by atoms with Gasteiger partial charge in [0.25, 0.3) is 0 Å². The standard InChI is InChI=1S/C3H8OS2.Bi.3H/c4-1-3(6)2-5;;;;/h3-6H,1-2H2;;;;. The van der Waals surface area contributed by atoms with Gasteiger partial charge in [0, 0.05) is 11.0 Å². The molecule has 0 aromatic rings. The number of aliphatic hydroxyl groups excluding tert-OH is 1. The van der Waals surface area contributed by atoms with E-state index in [0.29, 0.717) is 5.75 Å². The summed E-state index contributed by atoms with van der Waals surface area (Å²) in [5.41, 5.74) is 0. The molecule has 0 saturated carbocycles. The molecular weight excluding hydrogens is 325 g/mol. The quantitative estimate of drug-likeness (QED) is 0.438. The van der Waals surface area contributed by atoms with Crippen LogP contribution in [0.15, 0.2) is 0 Å². The van der Waals surface area contributed by atoms with E-state index in [-0.39, 0.29) is 38.1 Å². The Morgan fingerprint density at radius 3 is 2.00 bits per heavy atom. The van der Waals surface area contributed by atoms with Crippen molar-refractivity contribution in [3.8, 4) is 0 Å². The third-order valence-electron chi connectivity index (χ3n) is 0.421. The molecule has 0 aromatic carbocycles. The molecular formula is C3H11BiOS2. The molecule has 0 aromatic heterocycles. The summed E-state index contributed by atoms with van der Waals surface area (Å²) in [6.45, 7) is 0.118. The second kappa shape index (κ2) is 7.54. The summed E-state index contributed by atoms with van der Waals surface area (Å²) in [5.74, 6) is 0.639. The van der Waals surface area contributed by atoms with Gasteiger partial charge in [-0.2, -0.15) is 25.3 Å². The molecule has 0 fully saturated rings. The van der Waals surface area contributed by atoms with Gasteiger partial charge in [0.05, 0.1) is 6.61 Å². The SMILES string of the molecule is OCC(S)CS.[BiH3]. The van der Waals surface area contributed by atoms with Crippen molar-refractivity contribution in [2.75, 3.05) is 12.4 Å². The fourth-order valence-corrected chi connectivity index (χ4v) is 0.173. The second-order valence-electron chi connectivity index (χ2n) is 1.02. The number of thiol groups is 2. The van der Waals surface area contributed by atoms with E-state index < -0.39 is 0 Å². The molecule has 1 atom stereocenters. The van der Waals surface area contributed by atoms with Crippen LogP contribution < -0.4 is 0 Å². The van der Waals surface area contributed by atoms with E-state index in [9.17, 15) is 0 Å². The average Bonchev–Trinajstić information content (AvgIpc) is 1.65. The summed E-state index contributed by atoms with van der Waals surface area (Å²) in [6.07, 6.45) is 0. The van der Waals surface area contributed by atoms with Crippen LogP contribution in [0.1, 0.15) is 0 Å². The van der Waals surface area contributed by atoms with Gasteiger partial charge in [-0.05, 0) is 0 Å². The third-order valence-corrected chi connectivity index (χ3v) is 1.50. The first-order chi connectivity index (χ1) is 2.81. The van der Waals surface area contributed by atoms with Gasteiger partial charge in [-0.25, -0.2) is 0 Å². The molecule has 4 heteroatoms. The molecule has 0 aliphatic carbocycles. The van der Waals surface area contributed by atoms with Crippen molar-refractivity contribution >= 4 is 51.5 Å². The molecule has 1 N–H and O–H groups in total. The summed E-state index contributed by atoms with van der Waals surface area (Å²) >= 11 is 7.76. The Bertz CT molecular complexity index is 32.1. The van der Waals surface area contributed by atoms with E-state index in [1.165, 1.54) is 0 Å². The molecule has 0 heterocycles. The average molecular weight is 336 g/mol. The summed E-state index contributed by atoms with van der Waals surface area (Å²) in [5, 5.41) is 8.26. The van der Waals surface area contributed by atoms with Crippen LogP contribution in [0.25, 0.3) is 0 Å². The van der Waals surface area contributed by atoms with E-state index in [0.717, 1.165) is 0 Å². The zero-order chi connectivity index (χ0) is 4.99. The molecule has 46 valence electrons. The van der Waals surface area contributed by atoms with Crippen molar-refractivity contribution in [2.45, 2.75) is 5.25 Å². The Kier molecular flexibility index (Phi) is 12.2. The first-order valence-electron chi connectivity index (χ1n) is 1.71. The number of hydrogen-bond donors (Lipinski definition) is 3. The van der Waals surface area contributed by atoms with Crippen molar-refractivity contribution in [3.05, 3.63) is 0 Å². The molecule has 0 radical (unpaired) electrons. The fourth-order valence-electron chi connectivity index (χ4n) is 0.0577. The van der Waals surface area contributed by atoms with Crippen LogP contribution in [0.2, 0.25) is 0 Å². The molecule has 0 aliphatic heterocycles. The fraction of sp³-hybridized carbons (Fsp3) is 1.00. The number of aliphatic hydroxyl groups is 1. The molecule has 0 bridgehead atoms. The van der Waals surface area contributed by atoms with Gasteiger partial charge in [0.15, 0.2) is 0 Å². The monoisotopic (exact) mass is 336 g/mol. The van der Waals surface area contributed by atoms with E-state index in [1.807, 2.05) is 0 Å². The molecule has 0 saturated heterocycles. The van der Waals surface area contributed by atoms with E-state index in [2.05, 4.69) is 25.3 Å². The van der Waals surface area contributed by atoms with Gasteiger partial charge in [0.2, 0.25) is 0 Å². The Hall–Kier alpha value is 1.54. The molecule has 1 unspecified atom stereocenters. The summed E-state index contributed by atoms with van der Waals surface area (Å²) < 4.78 is 0. The molecule has 7 heavy (non-hydrogen) atoms. The normalized spacial score (nSPS) is 12.4. The zero-order valence-electron chi connectivity index (χ0n) is 4.04. The van der Waals surface area contributed by atoms with Crippen molar-refractivity contribution in [3.63, 3.8) is 0 Å². The van der Waals surface area contributed by atoms with Gasteiger partial charge in [-0.3, -0.25) is 0 Å². The predicted molar refractivity (Wildman–Crippen MR) is 43.7 cm³/mol. The van der Waals surface area contributed by atoms with Crippen molar-refractivity contribution in [1.82, 2.24) is 0 Å². The van der Waals surface area contributed by atoms with Gasteiger partial charge in [-0.15, -0.1) is 0 Å². The second-order valence-corrected chi connectivity index (χ2v) is 2.11. The molecule has 0 spiro atoms. The minimum absolute atomic E-state index is 0. The predicted octanol–water partition coefficient (Wildman–Crippen LogP) is -0.977. The van der Waals surface area contributed by atoms with Crippen LogP contribution in [-0.4, -0.2) is 48.9 Å². The van der Waals surface area contributed by atoms with Crippen LogP contribution >= 0.6 is 25.3 Å². The van der Waals surface area contributed by atoms with Crippen molar-refractivity contribution in [1.29, 1.82) is 0 Å². The van der Waals surface area contributed by atoms with Crippen LogP contribution in [0, 0.1) is 0 Å². The molecule has 1 nitrogen and oxygen atoms in total. The van der Waals surface area contributed by atoms with Gasteiger partial charge in [-0.1, -0.05) is 0 Å². The van der Waals surface area contributed by atoms with Crippen LogP contribution in [0.3, 0.4) is 0 Å². The van der Waals surface area contributed by atoms with E-state index >= 15 is 0 Å². The van der Waals surface area contributed by atoms with Gasteiger partial charge >= 0.3 is 26.2 Å². The summed E-state index contributed by atoms with van der Waals surface area (Å²) in [4.78, 5) is 0. The van der Waals surface area contributed by atoms with Gasteiger partial charge < -0.3 is 5.11 Å². The maximum absolute atomic E-state index is 8.21. The Morgan fingerprint density at radius 2 is 2.00 bits per heavy atom. The summed E-state index contributed by atoms with van der Waals surface area (Å²) in [7, 11) is 0. The Balaban J connectivity index is 0. The third kappa shape index (κ3) is 7.54. The summed E-state index contributed by atoms with van der Waals surface area (Å²) in [6, 6.07) is 0. The molecule has 0 rings (SSSR count). The molecule has 0 aliphatic rings. The number of hydrogen-bond acceptors (Lipinski definition) is 3. The Morgan fingerprint density at radius 1 is 1.57 bits per heavy atom. The van der Waals surface area contributed by atoms with Crippen molar-refractivity contribution < 1.29 is 5.11 Å². The van der Waals surface area contributed by atoms with E-state index in [1.54, 1.807) is 0 Å². The van der Waals surface area contributed by atoms with E-state index in [4.69, 9.17) is 5.11 Å². The van der Waals surface area contributed by atoms with Crippen LogP contribution in [0.5, 0.6) is 0 Å². The van der Waals surface area contributed by atoms with Crippen LogP contribution in [0.4, 0.5) is 0 Å². The Labute approximate surface area is 73.8 Å². The van der Waals surface area contributed by atoms with Crippen molar-refractivity contribution in [2.24, 2.45) is 0 Å². The molecule has 0 amide bonds. The number of rotatable bonds is 2. The zero-order valence-corrected chi connectivity index (χ0v) is 11.3. The van der Waals surface area contributed by atoms with Crippen LogP contribution in [-0.2, 0) is 0 Å². The first kappa shape index (κ1) is 11.4. The van der Waals surface area contributed by atoms with Gasteiger partial charge in [0.1, 0.15) is 0 Å².